The normalized spacial score (nSPS) is 12.7. The molecule has 1 atom stereocenters. The Bertz CT molecular complexity index is 530. The zero-order valence-corrected chi connectivity index (χ0v) is 11.4. The van der Waals surface area contributed by atoms with E-state index in [1.165, 1.54) is 16.7 Å². The molecule has 2 aromatic rings. The van der Waals surface area contributed by atoms with Crippen LogP contribution < -0.4 is 5.32 Å². The average molecular weight is 244 g/mol. The number of nitrogens with zero attached hydrogens (tertiary/aromatic N) is 3. The van der Waals surface area contributed by atoms with Crippen LogP contribution in [0.4, 0.5) is 0 Å². The maximum absolute atomic E-state index is 4.01. The summed E-state index contributed by atoms with van der Waals surface area (Å²) in [6.07, 6.45) is 1.82. The lowest BCUT2D eigenvalue weighted by molar-refractivity contribution is 0.568. The van der Waals surface area contributed by atoms with E-state index < -0.39 is 0 Å². The Labute approximate surface area is 108 Å². The monoisotopic (exact) mass is 244 g/mol. The molecule has 2 rings (SSSR count). The molecule has 96 valence electrons. The van der Waals surface area contributed by atoms with Crippen molar-refractivity contribution in [2.24, 2.45) is 7.05 Å². The first-order chi connectivity index (χ1) is 8.63. The molecule has 1 N–H and O–H groups in total. The third kappa shape index (κ3) is 2.43. The summed E-state index contributed by atoms with van der Waals surface area (Å²) in [5.74, 6) is 0. The van der Waals surface area contributed by atoms with Crippen LogP contribution in [0.3, 0.4) is 0 Å². The topological polar surface area (TPSA) is 42.7 Å². The van der Waals surface area contributed by atoms with E-state index >= 15 is 0 Å². The lowest BCUT2D eigenvalue weighted by Gasteiger charge is -2.19. The lowest BCUT2D eigenvalue weighted by Crippen LogP contribution is -2.24. The van der Waals surface area contributed by atoms with E-state index in [0.717, 1.165) is 12.2 Å². The van der Waals surface area contributed by atoms with Crippen molar-refractivity contribution in [1.82, 2.24) is 20.3 Å². The highest BCUT2D eigenvalue weighted by Gasteiger charge is 2.17. The second kappa shape index (κ2) is 5.31. The summed E-state index contributed by atoms with van der Waals surface area (Å²) < 4.78 is 1.82. The number of nitrogens with one attached hydrogen (secondary N) is 1. The van der Waals surface area contributed by atoms with Crippen molar-refractivity contribution in [3.8, 4) is 0 Å². The van der Waals surface area contributed by atoms with Crippen molar-refractivity contribution < 1.29 is 0 Å². The first kappa shape index (κ1) is 12.8. The quantitative estimate of drug-likeness (QED) is 0.896. The standard InChI is InChI=1S/C14H20N4/c1-5-15-14(13-9-16-17-18(13)4)12-7-6-10(2)11(3)8-12/h6-9,14-15H,5H2,1-4H3. The molecule has 0 spiro atoms. The van der Waals surface area contributed by atoms with Crippen LogP contribution in [0.5, 0.6) is 0 Å². The van der Waals surface area contributed by atoms with E-state index in [2.05, 4.69) is 54.6 Å². The van der Waals surface area contributed by atoms with Crippen molar-refractivity contribution in [3.63, 3.8) is 0 Å². The minimum Gasteiger partial charge on any atom is -0.305 e. The molecule has 1 aromatic carbocycles. The molecule has 1 heterocycles. The molecule has 0 aliphatic rings. The molecule has 4 nitrogen and oxygen atoms in total. The van der Waals surface area contributed by atoms with Crippen molar-refractivity contribution in [1.29, 1.82) is 0 Å². The molecule has 0 amide bonds. The molecule has 0 aliphatic heterocycles. The number of aromatic nitrogens is 3. The highest BCUT2D eigenvalue weighted by atomic mass is 15.4. The van der Waals surface area contributed by atoms with Gasteiger partial charge in [-0.25, -0.2) is 0 Å². The molecular weight excluding hydrogens is 224 g/mol. The second-order valence-corrected chi connectivity index (χ2v) is 4.62. The Hall–Kier alpha value is -1.68. The molecule has 0 aliphatic carbocycles. The van der Waals surface area contributed by atoms with E-state index in [0.29, 0.717) is 0 Å². The maximum Gasteiger partial charge on any atom is 0.0798 e. The zero-order chi connectivity index (χ0) is 13.1. The lowest BCUT2D eigenvalue weighted by atomic mass is 9.99. The van der Waals surface area contributed by atoms with Crippen LogP contribution in [0.1, 0.15) is 35.3 Å². The van der Waals surface area contributed by atoms with Crippen molar-refractivity contribution >= 4 is 0 Å². The van der Waals surface area contributed by atoms with E-state index in [4.69, 9.17) is 0 Å². The van der Waals surface area contributed by atoms with Crippen molar-refractivity contribution in [2.75, 3.05) is 6.54 Å². The van der Waals surface area contributed by atoms with Gasteiger partial charge in [0.1, 0.15) is 0 Å². The van der Waals surface area contributed by atoms with E-state index in [1.54, 1.807) is 0 Å². The Morgan fingerprint density at radius 3 is 2.61 bits per heavy atom. The van der Waals surface area contributed by atoms with Gasteiger partial charge in [-0.2, -0.15) is 0 Å². The van der Waals surface area contributed by atoms with Gasteiger partial charge in [-0.3, -0.25) is 4.68 Å². The summed E-state index contributed by atoms with van der Waals surface area (Å²) in [6, 6.07) is 6.71. The van der Waals surface area contributed by atoms with Crippen molar-refractivity contribution in [3.05, 3.63) is 46.8 Å². The summed E-state index contributed by atoms with van der Waals surface area (Å²) >= 11 is 0. The third-order valence-electron chi connectivity index (χ3n) is 3.32. The molecule has 4 heteroatoms. The molecule has 18 heavy (non-hydrogen) atoms. The van der Waals surface area contributed by atoms with Gasteiger partial charge in [0, 0.05) is 7.05 Å². The highest BCUT2D eigenvalue weighted by molar-refractivity contribution is 5.34. The van der Waals surface area contributed by atoms with Gasteiger partial charge in [0.25, 0.3) is 0 Å². The smallest absolute Gasteiger partial charge is 0.0798 e. The second-order valence-electron chi connectivity index (χ2n) is 4.62. The molecule has 0 saturated heterocycles. The van der Waals surface area contributed by atoms with E-state index in [1.807, 2.05) is 17.9 Å². The fraction of sp³-hybridized carbons (Fsp3) is 0.429. The molecule has 0 bridgehead atoms. The molecular formula is C14H20N4. The maximum atomic E-state index is 4.01. The fourth-order valence-corrected chi connectivity index (χ4v) is 2.10. The molecule has 0 fully saturated rings. The van der Waals surface area contributed by atoms with Gasteiger partial charge in [0.2, 0.25) is 0 Å². The number of benzene rings is 1. The van der Waals surface area contributed by atoms with Crippen LogP contribution in [0.15, 0.2) is 24.4 Å². The Morgan fingerprint density at radius 1 is 1.28 bits per heavy atom. The van der Waals surface area contributed by atoms with Gasteiger partial charge >= 0.3 is 0 Å². The van der Waals surface area contributed by atoms with Crippen LogP contribution >= 0.6 is 0 Å². The Kier molecular flexibility index (Phi) is 3.77. The minimum absolute atomic E-state index is 0.147. The summed E-state index contributed by atoms with van der Waals surface area (Å²) in [5, 5.41) is 11.5. The van der Waals surface area contributed by atoms with Gasteiger partial charge in [0.05, 0.1) is 17.9 Å². The molecule has 0 radical (unpaired) electrons. The van der Waals surface area contributed by atoms with E-state index in [-0.39, 0.29) is 6.04 Å². The van der Waals surface area contributed by atoms with E-state index in [9.17, 15) is 0 Å². The fourth-order valence-electron chi connectivity index (χ4n) is 2.10. The van der Waals surface area contributed by atoms with Crippen LogP contribution in [0.2, 0.25) is 0 Å². The zero-order valence-electron chi connectivity index (χ0n) is 11.4. The largest absolute Gasteiger partial charge is 0.305 e. The molecule has 1 aromatic heterocycles. The van der Waals surface area contributed by atoms with Crippen LogP contribution in [0, 0.1) is 13.8 Å². The predicted octanol–water partition coefficient (Wildman–Crippen LogP) is 2.13. The molecule has 1 unspecified atom stereocenters. The number of hydrogen-bond donors (Lipinski definition) is 1. The van der Waals surface area contributed by atoms with Crippen LogP contribution in [-0.2, 0) is 7.05 Å². The van der Waals surface area contributed by atoms with Crippen molar-refractivity contribution in [2.45, 2.75) is 26.8 Å². The van der Waals surface area contributed by atoms with Gasteiger partial charge in [-0.1, -0.05) is 30.3 Å². The summed E-state index contributed by atoms with van der Waals surface area (Å²) in [4.78, 5) is 0. The summed E-state index contributed by atoms with van der Waals surface area (Å²) in [5.41, 5.74) is 4.97. The van der Waals surface area contributed by atoms with Crippen LogP contribution in [-0.4, -0.2) is 21.5 Å². The number of rotatable bonds is 4. The molecule has 0 saturated carbocycles. The van der Waals surface area contributed by atoms with Gasteiger partial charge in [0.15, 0.2) is 0 Å². The Balaban J connectivity index is 2.41. The Morgan fingerprint density at radius 2 is 2.06 bits per heavy atom. The predicted molar refractivity (Wildman–Crippen MR) is 72.4 cm³/mol. The third-order valence-corrected chi connectivity index (χ3v) is 3.32. The van der Waals surface area contributed by atoms with Gasteiger partial charge in [-0.05, 0) is 37.1 Å². The average Bonchev–Trinajstić information content (AvgIpc) is 2.76. The highest BCUT2D eigenvalue weighted by Crippen LogP contribution is 2.22. The SMILES string of the molecule is CCNC(c1ccc(C)c(C)c1)c1cnnn1C. The number of hydrogen-bond acceptors (Lipinski definition) is 3. The van der Waals surface area contributed by atoms with Gasteiger partial charge < -0.3 is 5.32 Å². The van der Waals surface area contributed by atoms with Gasteiger partial charge in [-0.15, -0.1) is 5.10 Å². The summed E-state index contributed by atoms with van der Waals surface area (Å²) in [7, 11) is 1.92. The summed E-state index contributed by atoms with van der Waals surface area (Å²) in [6.45, 7) is 7.29. The first-order valence-electron chi connectivity index (χ1n) is 6.28. The number of aryl methyl sites for hydroxylation is 3. The minimum atomic E-state index is 0.147. The first-order valence-corrected chi connectivity index (χ1v) is 6.28. The van der Waals surface area contributed by atoms with Crippen LogP contribution in [0.25, 0.3) is 0 Å².